The fraction of sp³-hybridized carbons (Fsp3) is 0.600. The average molecular weight is 485 g/mol. The molecule has 10 nitrogen and oxygen atoms in total. The van der Waals surface area contributed by atoms with Gasteiger partial charge in [-0.25, -0.2) is 0 Å². The second-order valence-corrected chi connectivity index (χ2v) is 10.3. The summed E-state index contributed by atoms with van der Waals surface area (Å²) in [6, 6.07) is 0. The summed E-state index contributed by atoms with van der Waals surface area (Å²) in [4.78, 5) is 72.6. The van der Waals surface area contributed by atoms with E-state index >= 15 is 0 Å². The summed E-state index contributed by atoms with van der Waals surface area (Å²) in [5.74, 6) is -0.189. The molecule has 10 heteroatoms. The molecule has 3 saturated carbocycles. The van der Waals surface area contributed by atoms with Crippen molar-refractivity contribution in [3.8, 4) is 0 Å². The Morgan fingerprint density at radius 1 is 0.743 bits per heavy atom. The lowest BCUT2D eigenvalue weighted by atomic mass is 9.76. The maximum absolute atomic E-state index is 12.2. The minimum Gasteiger partial charge on any atom is -0.464 e. The average Bonchev–Trinajstić information content (AvgIpc) is 3.59. The molecule has 5 aliphatic rings. The summed E-state index contributed by atoms with van der Waals surface area (Å²) >= 11 is 0. The van der Waals surface area contributed by atoms with E-state index in [0.717, 1.165) is 53.4 Å². The first-order valence-electron chi connectivity index (χ1n) is 12.1. The Morgan fingerprint density at radius 2 is 1.23 bits per heavy atom. The second kappa shape index (κ2) is 9.05. The largest absolute Gasteiger partial charge is 0.464 e. The van der Waals surface area contributed by atoms with E-state index in [0.29, 0.717) is 29.6 Å². The van der Waals surface area contributed by atoms with Crippen molar-refractivity contribution < 1.29 is 38.2 Å². The molecule has 4 amide bonds. The molecule has 6 unspecified atom stereocenters. The first-order valence-corrected chi connectivity index (χ1v) is 12.1. The van der Waals surface area contributed by atoms with Gasteiger partial charge in [-0.15, -0.1) is 0 Å². The highest BCUT2D eigenvalue weighted by Gasteiger charge is 2.59. The van der Waals surface area contributed by atoms with Crippen LogP contribution in [0.25, 0.3) is 0 Å². The predicted octanol–water partition coefficient (Wildman–Crippen LogP) is 0.467. The molecule has 7 atom stereocenters. The lowest BCUT2D eigenvalue weighted by molar-refractivity contribution is -0.153. The zero-order valence-electron chi connectivity index (χ0n) is 19.5. The van der Waals surface area contributed by atoms with Gasteiger partial charge in [0.05, 0.1) is 13.2 Å². The van der Waals surface area contributed by atoms with Crippen LogP contribution in [0.2, 0.25) is 0 Å². The number of carbonyl (C=O) groups excluding carboxylic acids is 6. The smallest absolute Gasteiger partial charge is 0.326 e. The van der Waals surface area contributed by atoms with Gasteiger partial charge in [0.1, 0.15) is 13.1 Å². The number of nitrogens with zero attached hydrogens (tertiary/aromatic N) is 2. The van der Waals surface area contributed by atoms with Crippen molar-refractivity contribution in [2.45, 2.75) is 26.2 Å². The molecule has 2 aliphatic heterocycles. The van der Waals surface area contributed by atoms with Gasteiger partial charge >= 0.3 is 11.9 Å². The minimum absolute atomic E-state index is 0.232. The molecular weight excluding hydrogens is 456 g/mol. The summed E-state index contributed by atoms with van der Waals surface area (Å²) in [6.07, 6.45) is 7.45. The van der Waals surface area contributed by atoms with Crippen molar-refractivity contribution in [2.24, 2.45) is 41.4 Å². The fourth-order valence-electron chi connectivity index (χ4n) is 7.14. The maximum atomic E-state index is 12.2. The molecule has 0 N–H and O–H groups in total. The van der Waals surface area contributed by atoms with E-state index < -0.39 is 35.6 Å². The van der Waals surface area contributed by atoms with Gasteiger partial charge in [-0.1, -0.05) is 6.92 Å². The summed E-state index contributed by atoms with van der Waals surface area (Å²) in [6.45, 7) is 2.07. The number of esters is 2. The Labute approximate surface area is 202 Å². The number of hydrogen-bond donors (Lipinski definition) is 0. The highest BCUT2D eigenvalue weighted by atomic mass is 16.5. The molecule has 0 saturated heterocycles. The molecule has 2 bridgehead atoms. The number of rotatable bonds is 8. The fourth-order valence-corrected chi connectivity index (χ4v) is 7.14. The molecule has 0 aromatic heterocycles. The number of fused-ring (bicyclic) bond motifs is 5. The van der Waals surface area contributed by atoms with E-state index in [1.165, 1.54) is 0 Å². The Kier molecular flexibility index (Phi) is 6.06. The van der Waals surface area contributed by atoms with Crippen LogP contribution in [-0.2, 0) is 38.2 Å². The molecule has 0 spiro atoms. The molecule has 5 rings (SSSR count). The minimum atomic E-state index is -0.584. The van der Waals surface area contributed by atoms with Crippen molar-refractivity contribution in [2.75, 3.05) is 26.3 Å². The summed E-state index contributed by atoms with van der Waals surface area (Å²) in [5, 5.41) is 0. The zero-order chi connectivity index (χ0) is 24.9. The van der Waals surface area contributed by atoms with Gasteiger partial charge in [0.2, 0.25) is 0 Å². The van der Waals surface area contributed by atoms with Crippen molar-refractivity contribution in [3.63, 3.8) is 0 Å². The van der Waals surface area contributed by atoms with E-state index in [9.17, 15) is 28.8 Å². The normalized spacial score (nSPS) is 34.9. The van der Waals surface area contributed by atoms with Crippen molar-refractivity contribution in [1.82, 2.24) is 9.80 Å². The second-order valence-electron chi connectivity index (χ2n) is 10.3. The molecule has 0 aromatic carbocycles. The number of carbonyl (C=O) groups is 6. The number of imide groups is 2. The summed E-state index contributed by atoms with van der Waals surface area (Å²) in [5.41, 5.74) is 0. The van der Waals surface area contributed by atoms with Gasteiger partial charge in [-0.2, -0.15) is 0 Å². The monoisotopic (exact) mass is 484 g/mol. The Morgan fingerprint density at radius 3 is 1.77 bits per heavy atom. The van der Waals surface area contributed by atoms with Gasteiger partial charge in [0, 0.05) is 24.3 Å². The van der Waals surface area contributed by atoms with E-state index in [-0.39, 0.29) is 38.1 Å². The van der Waals surface area contributed by atoms with Crippen LogP contribution < -0.4 is 0 Å². The van der Waals surface area contributed by atoms with E-state index in [1.807, 2.05) is 0 Å². The highest BCUT2D eigenvalue weighted by molar-refractivity contribution is 6.14. The van der Waals surface area contributed by atoms with E-state index in [4.69, 9.17) is 9.47 Å². The van der Waals surface area contributed by atoms with Crippen LogP contribution in [0.3, 0.4) is 0 Å². The third-order valence-electron chi connectivity index (χ3n) is 8.52. The molecule has 2 heterocycles. The Balaban J connectivity index is 1.08. The van der Waals surface area contributed by atoms with Crippen LogP contribution in [0.5, 0.6) is 0 Å². The number of ether oxygens (including phenoxy) is 2. The van der Waals surface area contributed by atoms with Crippen LogP contribution in [0.15, 0.2) is 24.3 Å². The van der Waals surface area contributed by atoms with Crippen LogP contribution in [0.4, 0.5) is 0 Å². The molecule has 3 fully saturated rings. The molecule has 3 aliphatic carbocycles. The standard InChI is InChI=1S/C25H28N2O8/c1-13-16-8-15(12-35-24(33)10-27-21(30)4-5-22(27)31)25(13)18-7-14(6-17(16)18)11-34-23(32)9-26-19(28)2-3-20(26)29/h2-5,13-18,25H,6-12H2,1H3/t13-,14?,15?,16?,17?,18?,25?/m1/s1. The lowest BCUT2D eigenvalue weighted by Crippen LogP contribution is -2.37. The van der Waals surface area contributed by atoms with Crippen LogP contribution in [0, 0.1) is 41.4 Å². The molecular formula is C25H28N2O8. The SMILES string of the molecule is C[C@@H]1C2CC(COC(=O)CN3C(=O)C=CC3=O)C1C1CC(COC(=O)CN3C(=O)C=CC3=O)CC12. The predicted molar refractivity (Wildman–Crippen MR) is 118 cm³/mol. The Hall–Kier alpha value is -3.30. The van der Waals surface area contributed by atoms with Gasteiger partial charge in [0.25, 0.3) is 23.6 Å². The van der Waals surface area contributed by atoms with Gasteiger partial charge in [0.15, 0.2) is 0 Å². The van der Waals surface area contributed by atoms with Gasteiger partial charge in [-0.3, -0.25) is 38.6 Å². The first-order chi connectivity index (χ1) is 16.7. The van der Waals surface area contributed by atoms with Crippen LogP contribution in [0.1, 0.15) is 26.2 Å². The molecule has 35 heavy (non-hydrogen) atoms. The van der Waals surface area contributed by atoms with Gasteiger partial charge < -0.3 is 9.47 Å². The zero-order valence-corrected chi connectivity index (χ0v) is 19.5. The molecule has 186 valence electrons. The topological polar surface area (TPSA) is 127 Å². The lowest BCUT2D eigenvalue weighted by Gasteiger charge is -2.31. The number of hydrogen-bond acceptors (Lipinski definition) is 8. The first kappa shape index (κ1) is 23.4. The van der Waals surface area contributed by atoms with E-state index in [2.05, 4.69) is 6.92 Å². The molecule has 0 aromatic rings. The van der Waals surface area contributed by atoms with Crippen molar-refractivity contribution in [1.29, 1.82) is 0 Å². The third kappa shape index (κ3) is 4.30. The highest BCUT2D eigenvalue weighted by Crippen LogP contribution is 2.64. The summed E-state index contributed by atoms with van der Waals surface area (Å²) in [7, 11) is 0. The summed E-state index contributed by atoms with van der Waals surface area (Å²) < 4.78 is 10.9. The van der Waals surface area contributed by atoms with Crippen LogP contribution in [-0.4, -0.2) is 71.7 Å². The van der Waals surface area contributed by atoms with Crippen molar-refractivity contribution >= 4 is 35.6 Å². The number of amides is 4. The molecule has 0 radical (unpaired) electrons. The quantitative estimate of drug-likeness (QED) is 0.359. The van der Waals surface area contributed by atoms with Gasteiger partial charge in [-0.05, 0) is 60.7 Å². The Bertz CT molecular complexity index is 1010. The van der Waals surface area contributed by atoms with Crippen LogP contribution >= 0.6 is 0 Å². The maximum Gasteiger partial charge on any atom is 0.326 e. The van der Waals surface area contributed by atoms with E-state index in [1.54, 1.807) is 0 Å². The third-order valence-corrected chi connectivity index (χ3v) is 8.52. The van der Waals surface area contributed by atoms with Crippen molar-refractivity contribution in [3.05, 3.63) is 24.3 Å².